The smallest absolute Gasteiger partial charge is 0.0992 e. The number of para-hydroxylation sites is 3. The van der Waals surface area contributed by atoms with Gasteiger partial charge in [0.05, 0.1) is 51.0 Å². The Labute approximate surface area is 277 Å². The van der Waals surface area contributed by atoms with Gasteiger partial charge in [-0.3, -0.25) is 0 Å². The number of rotatable bonds is 4. The normalized spacial score (nSPS) is 11.3. The van der Waals surface area contributed by atoms with Gasteiger partial charge in [0.2, 0.25) is 0 Å². The molecule has 0 bridgehead atoms. The second kappa shape index (κ2) is 10.9. The molecule has 0 fully saturated rings. The molecule has 0 aliphatic heterocycles. The maximum Gasteiger partial charge on any atom is 0.0992 e. The number of hydrogen-bond acceptors (Lipinski definition) is 2. The Morgan fingerprint density at radius 1 is 0.375 bits per heavy atom. The zero-order valence-corrected chi connectivity index (χ0v) is 25.8. The molecular weight excluding hydrogens is 585 g/mol. The first-order chi connectivity index (χ1) is 23.7. The fourth-order valence-electron chi connectivity index (χ4n) is 7.30. The Kier molecular flexibility index (Phi) is 6.22. The molecule has 0 aliphatic carbocycles. The van der Waals surface area contributed by atoms with Crippen molar-refractivity contribution in [1.82, 2.24) is 9.13 Å². The number of hydrogen-bond donors (Lipinski definition) is 0. The average Bonchev–Trinajstić information content (AvgIpc) is 3.67. The Morgan fingerprint density at radius 3 is 1.58 bits per heavy atom. The molecule has 48 heavy (non-hydrogen) atoms. The van der Waals surface area contributed by atoms with Crippen LogP contribution in [0.15, 0.2) is 158 Å². The molecular formula is C44H26N4. The Hall–Kier alpha value is -6.88. The van der Waals surface area contributed by atoms with Gasteiger partial charge in [-0.05, 0) is 77.4 Å². The minimum Gasteiger partial charge on any atom is -0.309 e. The van der Waals surface area contributed by atoms with Gasteiger partial charge in [-0.2, -0.15) is 10.5 Å². The number of benzene rings is 7. The van der Waals surface area contributed by atoms with Gasteiger partial charge < -0.3 is 9.13 Å². The fraction of sp³-hybridized carbons (Fsp3) is 0. The lowest BCUT2D eigenvalue weighted by Gasteiger charge is -2.18. The SMILES string of the molecule is N#Cc1ccc(-n2c3ccccc3c3ccc(C#N)cc32)c(-c2ccccc2-c2cccc(-n3c4ccccc4c4ccccc43)c2)c1. The molecule has 9 rings (SSSR count). The zero-order chi connectivity index (χ0) is 32.2. The summed E-state index contributed by atoms with van der Waals surface area (Å²) in [6.07, 6.45) is 0. The topological polar surface area (TPSA) is 57.4 Å². The molecule has 0 unspecified atom stereocenters. The Morgan fingerprint density at radius 2 is 0.917 bits per heavy atom. The zero-order valence-electron chi connectivity index (χ0n) is 25.8. The molecule has 7 aromatic carbocycles. The van der Waals surface area contributed by atoms with Crippen LogP contribution in [0.4, 0.5) is 0 Å². The summed E-state index contributed by atoms with van der Waals surface area (Å²) >= 11 is 0. The van der Waals surface area contributed by atoms with Gasteiger partial charge in [0.25, 0.3) is 0 Å². The molecule has 4 nitrogen and oxygen atoms in total. The number of aromatic nitrogens is 2. The highest BCUT2D eigenvalue weighted by Gasteiger charge is 2.19. The summed E-state index contributed by atoms with van der Waals surface area (Å²) < 4.78 is 4.57. The van der Waals surface area contributed by atoms with Crippen LogP contribution in [-0.2, 0) is 0 Å². The van der Waals surface area contributed by atoms with Gasteiger partial charge in [-0.15, -0.1) is 0 Å². The lowest BCUT2D eigenvalue weighted by Crippen LogP contribution is -1.99. The lowest BCUT2D eigenvalue weighted by molar-refractivity contribution is 1.18. The number of nitrogens with zero attached hydrogens (tertiary/aromatic N) is 4. The number of nitriles is 2. The average molecular weight is 611 g/mol. The van der Waals surface area contributed by atoms with E-state index in [1.54, 1.807) is 0 Å². The molecule has 0 aliphatic rings. The van der Waals surface area contributed by atoms with E-state index in [4.69, 9.17) is 0 Å². The minimum absolute atomic E-state index is 0.584. The van der Waals surface area contributed by atoms with Crippen molar-refractivity contribution in [3.8, 4) is 45.8 Å². The third kappa shape index (κ3) is 4.14. The predicted octanol–water partition coefficient (Wildman–Crippen LogP) is 11.0. The lowest BCUT2D eigenvalue weighted by atomic mass is 9.92. The van der Waals surface area contributed by atoms with Crippen LogP contribution in [0.3, 0.4) is 0 Å². The van der Waals surface area contributed by atoms with Crippen molar-refractivity contribution < 1.29 is 0 Å². The van der Waals surface area contributed by atoms with E-state index in [1.807, 2.05) is 48.5 Å². The molecule has 0 atom stereocenters. The third-order valence-corrected chi connectivity index (χ3v) is 9.38. The molecule has 0 radical (unpaired) electrons. The van der Waals surface area contributed by atoms with Crippen molar-refractivity contribution in [2.24, 2.45) is 0 Å². The van der Waals surface area contributed by atoms with Gasteiger partial charge in [0, 0.05) is 32.8 Å². The molecule has 9 aromatic rings. The maximum absolute atomic E-state index is 10.0. The van der Waals surface area contributed by atoms with Crippen molar-refractivity contribution >= 4 is 43.6 Å². The highest BCUT2D eigenvalue weighted by Crippen LogP contribution is 2.41. The summed E-state index contributed by atoms with van der Waals surface area (Å²) in [4.78, 5) is 0. The Balaban J connectivity index is 1.29. The molecule has 0 N–H and O–H groups in total. The molecule has 0 saturated carbocycles. The number of fused-ring (bicyclic) bond motifs is 6. The second-order valence-corrected chi connectivity index (χ2v) is 12.0. The summed E-state index contributed by atoms with van der Waals surface area (Å²) in [5.41, 5.74) is 11.6. The Bertz CT molecular complexity index is 2760. The molecule has 0 amide bonds. The van der Waals surface area contributed by atoms with Gasteiger partial charge in [0.15, 0.2) is 0 Å². The largest absolute Gasteiger partial charge is 0.309 e. The van der Waals surface area contributed by atoms with Crippen molar-refractivity contribution in [3.05, 3.63) is 169 Å². The summed E-state index contributed by atoms with van der Waals surface area (Å²) in [5.74, 6) is 0. The third-order valence-electron chi connectivity index (χ3n) is 9.38. The van der Waals surface area contributed by atoms with E-state index in [-0.39, 0.29) is 0 Å². The van der Waals surface area contributed by atoms with Gasteiger partial charge in [-0.25, -0.2) is 0 Å². The molecule has 0 saturated heterocycles. The van der Waals surface area contributed by atoms with Crippen molar-refractivity contribution in [3.63, 3.8) is 0 Å². The fourth-order valence-corrected chi connectivity index (χ4v) is 7.30. The van der Waals surface area contributed by atoms with Crippen LogP contribution < -0.4 is 0 Å². The van der Waals surface area contributed by atoms with E-state index in [2.05, 4.69) is 130 Å². The van der Waals surface area contributed by atoms with Crippen LogP contribution in [0.5, 0.6) is 0 Å². The first-order valence-corrected chi connectivity index (χ1v) is 15.9. The molecule has 2 heterocycles. The second-order valence-electron chi connectivity index (χ2n) is 12.0. The maximum atomic E-state index is 10.0. The summed E-state index contributed by atoms with van der Waals surface area (Å²) in [6.45, 7) is 0. The van der Waals surface area contributed by atoms with Crippen LogP contribution in [0.2, 0.25) is 0 Å². The summed E-state index contributed by atoms with van der Waals surface area (Å²) in [6, 6.07) is 59.0. The van der Waals surface area contributed by atoms with Crippen molar-refractivity contribution in [2.75, 3.05) is 0 Å². The van der Waals surface area contributed by atoms with E-state index >= 15 is 0 Å². The van der Waals surface area contributed by atoms with Crippen LogP contribution in [0.25, 0.3) is 77.2 Å². The van der Waals surface area contributed by atoms with Gasteiger partial charge in [0.1, 0.15) is 0 Å². The van der Waals surface area contributed by atoms with E-state index in [0.717, 1.165) is 66.5 Å². The van der Waals surface area contributed by atoms with E-state index in [1.165, 1.54) is 10.8 Å². The van der Waals surface area contributed by atoms with Gasteiger partial charge >= 0.3 is 0 Å². The molecule has 0 spiro atoms. The molecule has 222 valence electrons. The standard InChI is InChI=1S/C44H26N4/c45-27-29-21-23-43(48-42-19-8-5-16-37(42)38-22-20-30(28-46)25-44(38)48)39(24-29)34-13-2-1-12-33(34)31-10-9-11-32(26-31)47-40-17-6-3-14-35(40)36-15-4-7-18-41(36)47/h1-26H. The van der Waals surface area contributed by atoms with Crippen molar-refractivity contribution in [2.45, 2.75) is 0 Å². The highest BCUT2D eigenvalue weighted by molar-refractivity contribution is 6.11. The quantitative estimate of drug-likeness (QED) is 0.199. The molecule has 2 aromatic heterocycles. The monoisotopic (exact) mass is 610 g/mol. The van der Waals surface area contributed by atoms with E-state index in [0.29, 0.717) is 11.1 Å². The van der Waals surface area contributed by atoms with Gasteiger partial charge in [-0.1, -0.05) is 97.1 Å². The minimum atomic E-state index is 0.584. The summed E-state index contributed by atoms with van der Waals surface area (Å²) in [5, 5.41) is 24.5. The first-order valence-electron chi connectivity index (χ1n) is 15.9. The van der Waals surface area contributed by atoms with Crippen LogP contribution in [0.1, 0.15) is 11.1 Å². The summed E-state index contributed by atoms with van der Waals surface area (Å²) in [7, 11) is 0. The van der Waals surface area contributed by atoms with Crippen molar-refractivity contribution in [1.29, 1.82) is 10.5 Å². The van der Waals surface area contributed by atoms with E-state index in [9.17, 15) is 10.5 Å². The first kappa shape index (κ1) is 27.4. The molecule has 4 heteroatoms. The highest BCUT2D eigenvalue weighted by atomic mass is 15.0. The van der Waals surface area contributed by atoms with Crippen LogP contribution >= 0.6 is 0 Å². The van der Waals surface area contributed by atoms with Crippen LogP contribution in [-0.4, -0.2) is 9.13 Å². The van der Waals surface area contributed by atoms with E-state index < -0.39 is 0 Å². The van der Waals surface area contributed by atoms with Crippen LogP contribution in [0, 0.1) is 22.7 Å². The predicted molar refractivity (Wildman–Crippen MR) is 195 cm³/mol.